The van der Waals surface area contributed by atoms with E-state index in [1.807, 2.05) is 12.2 Å². The van der Waals surface area contributed by atoms with Crippen molar-refractivity contribution in [3.63, 3.8) is 0 Å². The number of pyridine rings is 1. The highest BCUT2D eigenvalue weighted by atomic mass is 35.5. The highest BCUT2D eigenvalue weighted by Crippen LogP contribution is 2.23. The van der Waals surface area contributed by atoms with Gasteiger partial charge in [0.2, 0.25) is 0 Å². The summed E-state index contributed by atoms with van der Waals surface area (Å²) in [5, 5.41) is 3.10. The number of allylic oxidation sites excluding steroid dienone is 2. The molecule has 0 aromatic carbocycles. The molecule has 1 aromatic heterocycles. The number of carbonyl (C=O) groups excluding carboxylic acids is 2. The van der Waals surface area contributed by atoms with Gasteiger partial charge in [-0.2, -0.15) is 0 Å². The molecule has 1 aromatic rings. The van der Waals surface area contributed by atoms with E-state index in [2.05, 4.69) is 10.3 Å². The van der Waals surface area contributed by atoms with Crippen LogP contribution in [0.3, 0.4) is 0 Å². The van der Waals surface area contributed by atoms with Gasteiger partial charge < -0.3 is 10.1 Å². The van der Waals surface area contributed by atoms with Crippen LogP contribution in [0.2, 0.25) is 10.0 Å². The minimum atomic E-state index is -0.924. The van der Waals surface area contributed by atoms with E-state index in [1.54, 1.807) is 0 Å². The van der Waals surface area contributed by atoms with Crippen molar-refractivity contribution in [2.24, 2.45) is 5.92 Å². The molecule has 1 heterocycles. The molecule has 0 radical (unpaired) electrons. The van der Waals surface area contributed by atoms with E-state index in [9.17, 15) is 9.59 Å². The highest BCUT2D eigenvalue weighted by Gasteiger charge is 2.25. The zero-order chi connectivity index (χ0) is 16.1. The molecule has 1 N–H and O–H groups in total. The van der Waals surface area contributed by atoms with Gasteiger partial charge in [0.05, 0.1) is 16.0 Å². The van der Waals surface area contributed by atoms with Gasteiger partial charge in [0, 0.05) is 6.20 Å². The molecule has 0 bridgehead atoms. The van der Waals surface area contributed by atoms with Crippen LogP contribution >= 0.6 is 23.2 Å². The third-order valence-corrected chi connectivity index (χ3v) is 3.81. The van der Waals surface area contributed by atoms with Gasteiger partial charge in [-0.25, -0.2) is 4.98 Å². The number of ether oxygens (including phenoxy) is 1. The fraction of sp³-hybridized carbons (Fsp3) is 0.400. The van der Waals surface area contributed by atoms with Crippen LogP contribution in [-0.4, -0.2) is 23.0 Å². The molecule has 7 heteroatoms. The fourth-order valence-corrected chi connectivity index (χ4v) is 2.48. The molecule has 2 rings (SSSR count). The number of hydrogen-bond acceptors (Lipinski definition) is 4. The van der Waals surface area contributed by atoms with Gasteiger partial charge in [0.25, 0.3) is 5.91 Å². The summed E-state index contributed by atoms with van der Waals surface area (Å²) in [5.41, 5.74) is 0. The lowest BCUT2D eigenvalue weighted by Crippen LogP contribution is -2.32. The molecule has 0 saturated heterocycles. The zero-order valence-corrected chi connectivity index (χ0v) is 13.5. The summed E-state index contributed by atoms with van der Waals surface area (Å²) < 4.78 is 5.21. The molecule has 118 valence electrons. The van der Waals surface area contributed by atoms with Gasteiger partial charge >= 0.3 is 5.97 Å². The third-order valence-electron chi connectivity index (χ3n) is 3.31. The number of nitrogens with one attached hydrogen (secondary N) is 1. The van der Waals surface area contributed by atoms with Crippen molar-refractivity contribution in [3.05, 3.63) is 34.5 Å². The molecule has 0 saturated carbocycles. The summed E-state index contributed by atoms with van der Waals surface area (Å²) in [4.78, 5) is 27.9. The molecule has 1 amide bonds. The summed E-state index contributed by atoms with van der Waals surface area (Å²) in [6.45, 7) is 1.51. The SMILES string of the molecule is CC(OC(=O)C1CC=CCC1)C(=O)Nc1ncc(Cl)cc1Cl. The van der Waals surface area contributed by atoms with E-state index in [4.69, 9.17) is 27.9 Å². The van der Waals surface area contributed by atoms with E-state index in [-0.39, 0.29) is 22.7 Å². The number of halogens is 2. The Bertz CT molecular complexity index is 604. The van der Waals surface area contributed by atoms with Gasteiger partial charge in [-0.05, 0) is 32.3 Å². The summed E-state index contributed by atoms with van der Waals surface area (Å²) in [6, 6.07) is 1.47. The predicted molar refractivity (Wildman–Crippen MR) is 84.9 cm³/mol. The van der Waals surface area contributed by atoms with Gasteiger partial charge in [-0.1, -0.05) is 35.4 Å². The zero-order valence-electron chi connectivity index (χ0n) is 12.0. The molecule has 0 spiro atoms. The number of aromatic nitrogens is 1. The molecular formula is C15H16Cl2N2O3. The predicted octanol–water partition coefficient (Wildman–Crippen LogP) is 3.61. The summed E-state index contributed by atoms with van der Waals surface area (Å²) in [7, 11) is 0. The summed E-state index contributed by atoms with van der Waals surface area (Å²) in [5.74, 6) is -0.851. The van der Waals surface area contributed by atoms with Crippen LogP contribution in [0.1, 0.15) is 26.2 Å². The summed E-state index contributed by atoms with van der Waals surface area (Å²) in [6.07, 6.45) is 6.68. The molecule has 5 nitrogen and oxygen atoms in total. The fourth-order valence-electron chi connectivity index (χ4n) is 2.06. The number of carbonyl (C=O) groups is 2. The highest BCUT2D eigenvalue weighted by molar-refractivity contribution is 6.36. The van der Waals surface area contributed by atoms with Crippen LogP contribution in [0.25, 0.3) is 0 Å². The van der Waals surface area contributed by atoms with Crippen molar-refractivity contribution in [2.75, 3.05) is 5.32 Å². The molecule has 1 aliphatic rings. The van der Waals surface area contributed by atoms with Crippen molar-refractivity contribution in [2.45, 2.75) is 32.3 Å². The minimum Gasteiger partial charge on any atom is -0.452 e. The van der Waals surface area contributed by atoms with Crippen molar-refractivity contribution >= 4 is 40.9 Å². The van der Waals surface area contributed by atoms with Crippen LogP contribution < -0.4 is 5.32 Å². The Labute approximate surface area is 138 Å². The number of anilines is 1. The molecule has 1 aliphatic carbocycles. The van der Waals surface area contributed by atoms with Crippen molar-refractivity contribution in [1.82, 2.24) is 4.98 Å². The van der Waals surface area contributed by atoms with Crippen LogP contribution in [-0.2, 0) is 14.3 Å². The van der Waals surface area contributed by atoms with Gasteiger partial charge in [-0.3, -0.25) is 9.59 Å². The lowest BCUT2D eigenvalue weighted by atomic mass is 9.95. The average Bonchev–Trinajstić information content (AvgIpc) is 2.50. The number of esters is 1. The Morgan fingerprint density at radius 3 is 2.82 bits per heavy atom. The number of amides is 1. The first-order valence-electron chi connectivity index (χ1n) is 6.94. The maximum absolute atomic E-state index is 12.0. The second kappa shape index (κ2) is 7.61. The van der Waals surface area contributed by atoms with Crippen molar-refractivity contribution in [3.8, 4) is 0 Å². The topological polar surface area (TPSA) is 68.3 Å². The Balaban J connectivity index is 1.91. The Kier molecular flexibility index (Phi) is 5.80. The van der Waals surface area contributed by atoms with E-state index in [1.165, 1.54) is 19.2 Å². The standard InChI is InChI=1S/C15H16Cl2N2O3/c1-9(22-15(21)10-5-3-2-4-6-10)14(20)19-13-12(17)7-11(16)8-18-13/h2-3,7-10H,4-6H2,1H3,(H,18,19,20). The molecule has 2 unspecified atom stereocenters. The minimum absolute atomic E-state index is 0.180. The molecule has 0 fully saturated rings. The van der Waals surface area contributed by atoms with Crippen LogP contribution in [0.5, 0.6) is 0 Å². The molecular weight excluding hydrogens is 327 g/mol. The maximum atomic E-state index is 12.0. The summed E-state index contributed by atoms with van der Waals surface area (Å²) >= 11 is 11.7. The van der Waals surface area contributed by atoms with E-state index in [0.717, 1.165) is 12.8 Å². The molecule has 0 aliphatic heterocycles. The first-order valence-corrected chi connectivity index (χ1v) is 7.70. The molecule has 2 atom stereocenters. The average molecular weight is 343 g/mol. The first kappa shape index (κ1) is 16.8. The van der Waals surface area contributed by atoms with Crippen molar-refractivity contribution < 1.29 is 14.3 Å². The number of nitrogens with zero attached hydrogens (tertiary/aromatic N) is 1. The quantitative estimate of drug-likeness (QED) is 0.670. The van der Waals surface area contributed by atoms with E-state index < -0.39 is 12.0 Å². The smallest absolute Gasteiger partial charge is 0.310 e. The second-order valence-electron chi connectivity index (χ2n) is 5.03. The maximum Gasteiger partial charge on any atom is 0.310 e. The Hall–Kier alpha value is -1.59. The largest absolute Gasteiger partial charge is 0.452 e. The lowest BCUT2D eigenvalue weighted by molar-refractivity contribution is -0.157. The second-order valence-corrected chi connectivity index (χ2v) is 5.88. The Morgan fingerprint density at radius 2 is 2.18 bits per heavy atom. The van der Waals surface area contributed by atoms with E-state index in [0.29, 0.717) is 11.4 Å². The van der Waals surface area contributed by atoms with Gasteiger partial charge in [0.15, 0.2) is 11.9 Å². The number of hydrogen-bond donors (Lipinski definition) is 1. The monoisotopic (exact) mass is 342 g/mol. The lowest BCUT2D eigenvalue weighted by Gasteiger charge is -2.19. The van der Waals surface area contributed by atoms with Crippen molar-refractivity contribution in [1.29, 1.82) is 0 Å². The van der Waals surface area contributed by atoms with Gasteiger partial charge in [0.1, 0.15) is 0 Å². The van der Waals surface area contributed by atoms with Crippen LogP contribution in [0.4, 0.5) is 5.82 Å². The molecule has 22 heavy (non-hydrogen) atoms. The van der Waals surface area contributed by atoms with Crippen LogP contribution in [0.15, 0.2) is 24.4 Å². The van der Waals surface area contributed by atoms with E-state index >= 15 is 0 Å². The number of rotatable bonds is 4. The van der Waals surface area contributed by atoms with Crippen LogP contribution in [0, 0.1) is 5.92 Å². The van der Waals surface area contributed by atoms with Gasteiger partial charge in [-0.15, -0.1) is 0 Å². The normalized spacial score (nSPS) is 18.6. The third kappa shape index (κ3) is 4.45. The first-order chi connectivity index (χ1) is 10.5. The Morgan fingerprint density at radius 1 is 1.41 bits per heavy atom.